The van der Waals surface area contributed by atoms with E-state index in [1.165, 1.54) is 0 Å². The molecule has 0 unspecified atom stereocenters. The van der Waals surface area contributed by atoms with Crippen LogP contribution in [0.15, 0.2) is 59.1 Å². The molecule has 5 heteroatoms. The highest BCUT2D eigenvalue weighted by Gasteiger charge is 2.15. The molecular formula is C16H12N2O3. The van der Waals surface area contributed by atoms with Gasteiger partial charge in [-0.1, -0.05) is 35.5 Å². The van der Waals surface area contributed by atoms with E-state index in [1.54, 1.807) is 49.4 Å². The highest BCUT2D eigenvalue weighted by Crippen LogP contribution is 2.29. The summed E-state index contributed by atoms with van der Waals surface area (Å²) >= 11 is 0. The number of para-hydroxylation sites is 1. The molecule has 0 fully saturated rings. The van der Waals surface area contributed by atoms with E-state index in [2.05, 4.69) is 10.1 Å². The van der Waals surface area contributed by atoms with Crippen molar-refractivity contribution in [2.45, 2.75) is 6.92 Å². The molecule has 0 aliphatic rings. The molecule has 0 aliphatic carbocycles. The maximum Gasteiger partial charge on any atom is 0.343 e. The van der Waals surface area contributed by atoms with Crippen LogP contribution in [0.1, 0.15) is 16.2 Å². The topological polar surface area (TPSA) is 65.2 Å². The van der Waals surface area contributed by atoms with E-state index in [1.807, 2.05) is 12.1 Å². The van der Waals surface area contributed by atoms with Crippen molar-refractivity contribution < 1.29 is 14.1 Å². The number of hydrogen-bond acceptors (Lipinski definition) is 5. The molecule has 5 nitrogen and oxygen atoms in total. The van der Waals surface area contributed by atoms with Crippen molar-refractivity contribution in [1.82, 2.24) is 10.1 Å². The number of carbonyl (C=O) groups is 1. The largest absolute Gasteiger partial charge is 0.422 e. The lowest BCUT2D eigenvalue weighted by molar-refractivity contribution is 0.0735. The Morgan fingerprint density at radius 3 is 2.48 bits per heavy atom. The van der Waals surface area contributed by atoms with Gasteiger partial charge in [0.25, 0.3) is 5.89 Å². The van der Waals surface area contributed by atoms with Crippen LogP contribution < -0.4 is 4.74 Å². The second-order valence-electron chi connectivity index (χ2n) is 4.40. The summed E-state index contributed by atoms with van der Waals surface area (Å²) in [6, 6.07) is 15.8. The van der Waals surface area contributed by atoms with E-state index in [0.717, 1.165) is 0 Å². The zero-order valence-electron chi connectivity index (χ0n) is 11.3. The quantitative estimate of drug-likeness (QED) is 0.544. The molecule has 21 heavy (non-hydrogen) atoms. The van der Waals surface area contributed by atoms with E-state index in [9.17, 15) is 4.79 Å². The minimum absolute atomic E-state index is 0.323. The highest BCUT2D eigenvalue weighted by molar-refractivity contribution is 5.91. The molecule has 0 aliphatic heterocycles. The van der Waals surface area contributed by atoms with Crippen LogP contribution in [-0.2, 0) is 0 Å². The lowest BCUT2D eigenvalue weighted by Crippen LogP contribution is -2.08. The van der Waals surface area contributed by atoms with Gasteiger partial charge in [0.2, 0.25) is 0 Å². The van der Waals surface area contributed by atoms with Gasteiger partial charge >= 0.3 is 5.97 Å². The van der Waals surface area contributed by atoms with E-state index < -0.39 is 5.97 Å². The van der Waals surface area contributed by atoms with Gasteiger partial charge in [0.15, 0.2) is 5.82 Å². The Hall–Kier alpha value is -2.95. The molecule has 3 rings (SSSR count). The lowest BCUT2D eigenvalue weighted by atomic mass is 10.2. The summed E-state index contributed by atoms with van der Waals surface area (Å²) in [6.07, 6.45) is 0. The van der Waals surface area contributed by atoms with Crippen molar-refractivity contribution in [2.75, 3.05) is 0 Å². The molecule has 0 bridgehead atoms. The number of benzene rings is 2. The van der Waals surface area contributed by atoms with Crippen LogP contribution in [0.2, 0.25) is 0 Å². The van der Waals surface area contributed by atoms with Crippen LogP contribution in [0.5, 0.6) is 5.75 Å². The van der Waals surface area contributed by atoms with Crippen LogP contribution in [0.4, 0.5) is 0 Å². The molecule has 0 spiro atoms. The predicted octanol–water partition coefficient (Wildman–Crippen LogP) is 3.26. The predicted molar refractivity (Wildman–Crippen MR) is 75.9 cm³/mol. The first-order valence-electron chi connectivity index (χ1n) is 6.41. The zero-order chi connectivity index (χ0) is 14.7. The summed E-state index contributed by atoms with van der Waals surface area (Å²) in [4.78, 5) is 16.3. The van der Waals surface area contributed by atoms with Crippen molar-refractivity contribution in [3.05, 3.63) is 66.0 Å². The first-order chi connectivity index (χ1) is 10.2. The van der Waals surface area contributed by atoms with Gasteiger partial charge in [-0.15, -0.1) is 0 Å². The summed E-state index contributed by atoms with van der Waals surface area (Å²) in [5.74, 6) is 0.799. The third kappa shape index (κ3) is 2.81. The number of carbonyl (C=O) groups excluding carboxylic acids is 1. The van der Waals surface area contributed by atoms with Crippen molar-refractivity contribution in [2.24, 2.45) is 0 Å². The molecule has 0 amide bonds. The van der Waals surface area contributed by atoms with E-state index in [0.29, 0.717) is 28.6 Å². The van der Waals surface area contributed by atoms with E-state index in [4.69, 9.17) is 9.26 Å². The van der Waals surface area contributed by atoms with Gasteiger partial charge < -0.3 is 9.26 Å². The molecular weight excluding hydrogens is 268 g/mol. The Morgan fingerprint density at radius 2 is 1.76 bits per heavy atom. The van der Waals surface area contributed by atoms with Crippen molar-refractivity contribution in [3.8, 4) is 17.2 Å². The number of esters is 1. The van der Waals surface area contributed by atoms with E-state index >= 15 is 0 Å². The third-order valence-electron chi connectivity index (χ3n) is 2.86. The number of ether oxygens (including phenoxy) is 1. The Labute approximate surface area is 121 Å². The molecule has 0 saturated carbocycles. The average molecular weight is 280 g/mol. The molecule has 1 heterocycles. The molecule has 104 valence electrons. The fourth-order valence-corrected chi connectivity index (χ4v) is 1.87. The Balaban J connectivity index is 1.91. The Kier molecular flexibility index (Phi) is 3.47. The SMILES string of the molecule is Cc1noc(-c2ccccc2OC(=O)c2ccccc2)n1. The van der Waals surface area contributed by atoms with Gasteiger partial charge in [-0.25, -0.2) is 4.79 Å². The minimum atomic E-state index is -0.431. The molecule has 2 aromatic carbocycles. The van der Waals surface area contributed by atoms with Gasteiger partial charge in [0, 0.05) is 0 Å². The first kappa shape index (κ1) is 13.1. The standard InChI is InChI=1S/C16H12N2O3/c1-11-17-15(21-18-11)13-9-5-6-10-14(13)20-16(19)12-7-3-2-4-8-12/h2-10H,1H3. The Morgan fingerprint density at radius 1 is 1.05 bits per heavy atom. The lowest BCUT2D eigenvalue weighted by Gasteiger charge is -2.07. The summed E-state index contributed by atoms with van der Waals surface area (Å²) in [6.45, 7) is 1.73. The highest BCUT2D eigenvalue weighted by atomic mass is 16.5. The smallest absolute Gasteiger partial charge is 0.343 e. The van der Waals surface area contributed by atoms with E-state index in [-0.39, 0.29) is 0 Å². The summed E-state index contributed by atoms with van der Waals surface area (Å²) in [5.41, 5.74) is 1.07. The van der Waals surface area contributed by atoms with Crippen LogP contribution in [0, 0.1) is 6.92 Å². The average Bonchev–Trinajstić information content (AvgIpc) is 2.95. The Bertz CT molecular complexity index is 766. The number of nitrogens with zero attached hydrogens (tertiary/aromatic N) is 2. The van der Waals surface area contributed by atoms with Crippen LogP contribution in [0.3, 0.4) is 0 Å². The molecule has 1 aromatic heterocycles. The molecule has 3 aromatic rings. The van der Waals surface area contributed by atoms with Crippen molar-refractivity contribution >= 4 is 5.97 Å². The van der Waals surface area contributed by atoms with Crippen LogP contribution in [0.25, 0.3) is 11.5 Å². The molecule has 0 atom stereocenters. The molecule has 0 saturated heterocycles. The summed E-state index contributed by atoms with van der Waals surface area (Å²) < 4.78 is 10.6. The van der Waals surface area contributed by atoms with Crippen molar-refractivity contribution in [1.29, 1.82) is 0 Å². The minimum Gasteiger partial charge on any atom is -0.422 e. The second-order valence-corrected chi connectivity index (χ2v) is 4.40. The zero-order valence-corrected chi connectivity index (χ0v) is 11.3. The monoisotopic (exact) mass is 280 g/mol. The second kappa shape index (κ2) is 5.58. The fourth-order valence-electron chi connectivity index (χ4n) is 1.87. The van der Waals surface area contributed by atoms with Gasteiger partial charge in [-0.05, 0) is 31.2 Å². The van der Waals surface area contributed by atoms with Gasteiger partial charge in [-0.3, -0.25) is 0 Å². The summed E-state index contributed by atoms with van der Waals surface area (Å²) in [7, 11) is 0. The van der Waals surface area contributed by atoms with Crippen LogP contribution in [-0.4, -0.2) is 16.1 Å². The number of hydrogen-bond donors (Lipinski definition) is 0. The maximum absolute atomic E-state index is 12.1. The number of aromatic nitrogens is 2. The molecule has 0 N–H and O–H groups in total. The fraction of sp³-hybridized carbons (Fsp3) is 0.0625. The molecule has 0 radical (unpaired) electrons. The van der Waals surface area contributed by atoms with Crippen molar-refractivity contribution in [3.63, 3.8) is 0 Å². The third-order valence-corrected chi connectivity index (χ3v) is 2.86. The normalized spacial score (nSPS) is 10.3. The van der Waals surface area contributed by atoms with Gasteiger partial charge in [0.1, 0.15) is 5.75 Å². The maximum atomic E-state index is 12.1. The van der Waals surface area contributed by atoms with Gasteiger partial charge in [0.05, 0.1) is 11.1 Å². The van der Waals surface area contributed by atoms with Crippen LogP contribution >= 0.6 is 0 Å². The summed E-state index contributed by atoms with van der Waals surface area (Å²) in [5, 5.41) is 3.74. The number of aryl methyl sites for hydroxylation is 1. The van der Waals surface area contributed by atoms with Gasteiger partial charge in [-0.2, -0.15) is 4.98 Å². The number of rotatable bonds is 3. The first-order valence-corrected chi connectivity index (χ1v) is 6.41.